The van der Waals surface area contributed by atoms with Gasteiger partial charge in [-0.2, -0.15) is 0 Å². The van der Waals surface area contributed by atoms with Crippen LogP contribution in [-0.2, 0) is 10.0 Å². The summed E-state index contributed by atoms with van der Waals surface area (Å²) in [5.74, 6) is -0.869. The molecule has 130 valence electrons. The fourth-order valence-corrected chi connectivity index (χ4v) is 3.96. The van der Waals surface area contributed by atoms with Crippen molar-refractivity contribution in [1.82, 2.24) is 9.29 Å². The Morgan fingerprint density at radius 1 is 1.20 bits per heavy atom. The van der Waals surface area contributed by atoms with Crippen molar-refractivity contribution in [3.8, 4) is 0 Å². The Kier molecular flexibility index (Phi) is 4.55. The second-order valence-electron chi connectivity index (χ2n) is 5.40. The molecule has 6 nitrogen and oxygen atoms in total. The van der Waals surface area contributed by atoms with Gasteiger partial charge in [-0.25, -0.2) is 22.1 Å². The number of carbonyl (C=O) groups excluding carboxylic acids is 1. The smallest absolute Gasteiger partial charge is 0.257 e. The molecule has 0 aliphatic heterocycles. The minimum Gasteiger partial charge on any atom is -0.298 e. The van der Waals surface area contributed by atoms with Crippen LogP contribution in [-0.4, -0.2) is 37.7 Å². The Labute approximate surface area is 148 Å². The third kappa shape index (κ3) is 3.53. The number of amides is 1. The zero-order valence-corrected chi connectivity index (χ0v) is 15.0. The Bertz CT molecular complexity index is 1060. The highest BCUT2D eigenvalue weighted by atomic mass is 32.2. The molecule has 3 rings (SSSR count). The molecular weight excluding hydrogens is 365 g/mol. The van der Waals surface area contributed by atoms with Crippen LogP contribution < -0.4 is 5.32 Å². The van der Waals surface area contributed by atoms with Gasteiger partial charge in [0.25, 0.3) is 5.91 Å². The molecule has 0 unspecified atom stereocenters. The first-order valence-corrected chi connectivity index (χ1v) is 9.43. The highest BCUT2D eigenvalue weighted by Gasteiger charge is 2.19. The van der Waals surface area contributed by atoms with Crippen LogP contribution in [0.3, 0.4) is 0 Å². The van der Waals surface area contributed by atoms with Crippen molar-refractivity contribution in [3.63, 3.8) is 0 Å². The van der Waals surface area contributed by atoms with E-state index in [-0.39, 0.29) is 16.3 Å². The van der Waals surface area contributed by atoms with E-state index in [0.717, 1.165) is 15.6 Å². The van der Waals surface area contributed by atoms with Gasteiger partial charge in [0, 0.05) is 19.7 Å². The Morgan fingerprint density at radius 3 is 2.68 bits per heavy atom. The van der Waals surface area contributed by atoms with Gasteiger partial charge in [-0.15, -0.1) is 0 Å². The number of anilines is 1. The van der Waals surface area contributed by atoms with Crippen LogP contribution in [0.2, 0.25) is 0 Å². The van der Waals surface area contributed by atoms with E-state index in [4.69, 9.17) is 0 Å². The maximum atomic E-state index is 13.2. The van der Waals surface area contributed by atoms with E-state index in [2.05, 4.69) is 10.3 Å². The highest BCUT2D eigenvalue weighted by Crippen LogP contribution is 2.27. The zero-order chi connectivity index (χ0) is 18.2. The molecule has 0 atom stereocenters. The summed E-state index contributed by atoms with van der Waals surface area (Å²) in [5, 5.41) is 2.92. The van der Waals surface area contributed by atoms with Crippen LogP contribution in [0.15, 0.2) is 47.4 Å². The van der Waals surface area contributed by atoms with Gasteiger partial charge in [0.05, 0.1) is 15.1 Å². The molecule has 0 fully saturated rings. The number of hydrogen-bond donors (Lipinski definition) is 1. The number of sulfonamides is 1. The minimum atomic E-state index is -3.63. The van der Waals surface area contributed by atoms with E-state index in [0.29, 0.717) is 15.3 Å². The lowest BCUT2D eigenvalue weighted by Gasteiger charge is -2.12. The van der Waals surface area contributed by atoms with E-state index >= 15 is 0 Å². The van der Waals surface area contributed by atoms with Gasteiger partial charge in [0.1, 0.15) is 5.82 Å². The third-order valence-electron chi connectivity index (χ3n) is 3.45. The molecule has 1 amide bonds. The molecular formula is C16H14FN3O3S2. The molecule has 0 saturated carbocycles. The minimum absolute atomic E-state index is 0.0246. The van der Waals surface area contributed by atoms with Crippen LogP contribution in [0.1, 0.15) is 10.4 Å². The summed E-state index contributed by atoms with van der Waals surface area (Å²) in [4.78, 5) is 16.6. The molecule has 0 aliphatic carbocycles. The summed E-state index contributed by atoms with van der Waals surface area (Å²) in [7, 11) is -0.794. The first-order valence-electron chi connectivity index (χ1n) is 7.17. The third-order valence-corrected chi connectivity index (χ3v) is 6.19. The molecule has 0 radical (unpaired) electrons. The molecule has 3 aromatic rings. The summed E-state index contributed by atoms with van der Waals surface area (Å²) < 4.78 is 39.2. The topological polar surface area (TPSA) is 79.4 Å². The fourth-order valence-electron chi connectivity index (χ4n) is 2.13. The average molecular weight is 379 g/mol. The summed E-state index contributed by atoms with van der Waals surface area (Å²) in [6.45, 7) is 0. The van der Waals surface area contributed by atoms with E-state index in [1.807, 2.05) is 0 Å². The number of aromatic nitrogens is 1. The molecule has 1 aromatic heterocycles. The molecule has 0 aliphatic rings. The van der Waals surface area contributed by atoms with Crippen molar-refractivity contribution in [1.29, 1.82) is 0 Å². The summed E-state index contributed by atoms with van der Waals surface area (Å²) in [6, 6.07) is 9.90. The fraction of sp³-hybridized carbons (Fsp3) is 0.125. The number of carbonyl (C=O) groups is 1. The molecule has 2 aromatic carbocycles. The number of fused-ring (bicyclic) bond motifs is 1. The maximum absolute atomic E-state index is 13.2. The van der Waals surface area contributed by atoms with Crippen LogP contribution in [0, 0.1) is 5.82 Å². The number of rotatable bonds is 4. The number of nitrogens with zero attached hydrogens (tertiary/aromatic N) is 2. The van der Waals surface area contributed by atoms with Gasteiger partial charge in [-0.1, -0.05) is 17.4 Å². The van der Waals surface area contributed by atoms with E-state index in [1.165, 1.54) is 56.6 Å². The maximum Gasteiger partial charge on any atom is 0.257 e. The number of thiazole rings is 1. The van der Waals surface area contributed by atoms with E-state index < -0.39 is 15.9 Å². The molecule has 1 heterocycles. The van der Waals surface area contributed by atoms with Gasteiger partial charge in [-0.3, -0.25) is 10.1 Å². The first kappa shape index (κ1) is 17.5. The second kappa shape index (κ2) is 6.51. The Balaban J connectivity index is 1.88. The summed E-state index contributed by atoms with van der Waals surface area (Å²) in [5.41, 5.74) is 0.763. The molecule has 9 heteroatoms. The lowest BCUT2D eigenvalue weighted by Crippen LogP contribution is -2.22. The lowest BCUT2D eigenvalue weighted by molar-refractivity contribution is 0.102. The van der Waals surface area contributed by atoms with Crippen LogP contribution >= 0.6 is 11.3 Å². The van der Waals surface area contributed by atoms with E-state index in [1.54, 1.807) is 0 Å². The predicted octanol–water partition coefficient (Wildman–Crippen LogP) is 2.94. The molecule has 1 N–H and O–H groups in total. The van der Waals surface area contributed by atoms with Gasteiger partial charge >= 0.3 is 0 Å². The SMILES string of the molecule is CN(C)S(=O)(=O)c1cccc(C(=O)Nc2nc3ccc(F)cc3s2)c1. The van der Waals surface area contributed by atoms with Crippen molar-refractivity contribution in [3.05, 3.63) is 53.8 Å². The largest absolute Gasteiger partial charge is 0.298 e. The molecule has 0 bridgehead atoms. The standard InChI is InChI=1S/C16H14FN3O3S2/c1-20(2)25(22,23)12-5-3-4-10(8-12)15(21)19-16-18-13-7-6-11(17)9-14(13)24-16/h3-9H,1-2H3,(H,18,19,21). The van der Waals surface area contributed by atoms with Gasteiger partial charge in [0.2, 0.25) is 10.0 Å². The first-order chi connectivity index (χ1) is 11.8. The monoisotopic (exact) mass is 379 g/mol. The predicted molar refractivity (Wildman–Crippen MR) is 94.8 cm³/mol. The van der Waals surface area contributed by atoms with Crippen LogP contribution in [0.4, 0.5) is 9.52 Å². The summed E-state index contributed by atoms with van der Waals surface area (Å²) >= 11 is 1.14. The van der Waals surface area contributed by atoms with Crippen molar-refractivity contribution >= 4 is 42.6 Å². The second-order valence-corrected chi connectivity index (χ2v) is 8.58. The van der Waals surface area contributed by atoms with Crippen LogP contribution in [0.25, 0.3) is 10.2 Å². The Hall–Kier alpha value is -2.36. The number of nitrogens with one attached hydrogen (secondary N) is 1. The molecule has 0 spiro atoms. The van der Waals surface area contributed by atoms with Gasteiger partial charge in [0.15, 0.2) is 5.13 Å². The van der Waals surface area contributed by atoms with Crippen molar-refractivity contribution in [2.75, 3.05) is 19.4 Å². The number of halogens is 1. The Morgan fingerprint density at radius 2 is 1.96 bits per heavy atom. The normalized spacial score (nSPS) is 11.8. The average Bonchev–Trinajstić information content (AvgIpc) is 2.96. The van der Waals surface area contributed by atoms with E-state index in [9.17, 15) is 17.6 Å². The van der Waals surface area contributed by atoms with Gasteiger partial charge < -0.3 is 0 Å². The van der Waals surface area contributed by atoms with Crippen LogP contribution in [0.5, 0.6) is 0 Å². The number of benzene rings is 2. The number of hydrogen-bond acceptors (Lipinski definition) is 5. The van der Waals surface area contributed by atoms with Crippen molar-refractivity contribution < 1.29 is 17.6 Å². The van der Waals surface area contributed by atoms with Gasteiger partial charge in [-0.05, 0) is 36.4 Å². The zero-order valence-electron chi connectivity index (χ0n) is 13.4. The van der Waals surface area contributed by atoms with Crippen molar-refractivity contribution in [2.45, 2.75) is 4.90 Å². The summed E-state index contributed by atoms with van der Waals surface area (Å²) in [6.07, 6.45) is 0. The lowest BCUT2D eigenvalue weighted by atomic mass is 10.2. The highest BCUT2D eigenvalue weighted by molar-refractivity contribution is 7.89. The molecule has 25 heavy (non-hydrogen) atoms. The molecule has 0 saturated heterocycles. The van der Waals surface area contributed by atoms with Crippen molar-refractivity contribution in [2.24, 2.45) is 0 Å². The quantitative estimate of drug-likeness (QED) is 0.756.